The van der Waals surface area contributed by atoms with E-state index in [4.69, 9.17) is 0 Å². The Bertz CT molecular complexity index is 1630. The molecule has 0 saturated heterocycles. The molecule has 0 spiro atoms. The number of aromatic nitrogens is 5. The highest BCUT2D eigenvalue weighted by Crippen LogP contribution is 2.52. The quantitative estimate of drug-likeness (QED) is 0.339. The van der Waals surface area contributed by atoms with Gasteiger partial charge in [-0.2, -0.15) is 13.2 Å². The van der Waals surface area contributed by atoms with Gasteiger partial charge in [-0.1, -0.05) is 19.1 Å². The average molecular weight is 537 g/mol. The van der Waals surface area contributed by atoms with Gasteiger partial charge >= 0.3 is 6.18 Å². The van der Waals surface area contributed by atoms with E-state index in [2.05, 4.69) is 39.6 Å². The maximum absolute atomic E-state index is 13.8. The molecule has 3 aliphatic rings. The standard InChI is InChI=1S/C29H31F3N6O/c1-17-12-27(13-17,26-36-34-16-37(26)2)19-4-3-5-21(10-19)38-15-23(18-6-7-18)22-11-20(35-24(22)25(38)39)14-33-28(8-9-28)29(30,31)32/h3-5,10-11,15-18,33,35H,6-9,12-14H2,1-2H3. The molecule has 10 heteroatoms. The van der Waals surface area contributed by atoms with Crippen LogP contribution in [0.4, 0.5) is 13.2 Å². The average Bonchev–Trinajstić information content (AvgIpc) is 3.79. The summed E-state index contributed by atoms with van der Waals surface area (Å²) in [7, 11) is 1.96. The molecule has 0 aliphatic heterocycles. The van der Waals surface area contributed by atoms with E-state index in [0.717, 1.165) is 53.7 Å². The largest absolute Gasteiger partial charge is 0.406 e. The third-order valence-corrected chi connectivity index (χ3v) is 9.02. The van der Waals surface area contributed by atoms with Gasteiger partial charge in [0.15, 0.2) is 0 Å². The van der Waals surface area contributed by atoms with Crippen molar-refractivity contribution < 1.29 is 13.2 Å². The zero-order valence-corrected chi connectivity index (χ0v) is 22.0. The highest BCUT2D eigenvalue weighted by Gasteiger charge is 2.63. The summed E-state index contributed by atoms with van der Waals surface area (Å²) in [6, 6.07) is 9.95. The predicted octanol–water partition coefficient (Wildman–Crippen LogP) is 5.23. The van der Waals surface area contributed by atoms with E-state index < -0.39 is 11.7 Å². The molecule has 0 unspecified atom stereocenters. The highest BCUT2D eigenvalue weighted by atomic mass is 19.4. The normalized spacial score (nSPS) is 24.2. The lowest BCUT2D eigenvalue weighted by molar-refractivity contribution is -0.166. The van der Waals surface area contributed by atoms with Crippen LogP contribution >= 0.6 is 0 Å². The fourth-order valence-corrected chi connectivity index (χ4v) is 6.60. The summed E-state index contributed by atoms with van der Waals surface area (Å²) >= 11 is 0. The molecular formula is C29H31F3N6O. The molecule has 3 heterocycles. The first-order valence-corrected chi connectivity index (χ1v) is 13.6. The molecule has 2 N–H and O–H groups in total. The number of halogens is 3. The summed E-state index contributed by atoms with van der Waals surface area (Å²) in [6.45, 7) is 2.27. The third-order valence-electron chi connectivity index (χ3n) is 9.02. The fraction of sp³-hybridized carbons (Fsp3) is 0.483. The van der Waals surface area contributed by atoms with E-state index in [9.17, 15) is 18.0 Å². The molecule has 7 nitrogen and oxygen atoms in total. The Morgan fingerprint density at radius 1 is 1.18 bits per heavy atom. The number of hydrogen-bond acceptors (Lipinski definition) is 4. The maximum Gasteiger partial charge on any atom is 0.406 e. The van der Waals surface area contributed by atoms with Crippen molar-refractivity contribution >= 4 is 10.9 Å². The van der Waals surface area contributed by atoms with Crippen LogP contribution in [-0.4, -0.2) is 36.0 Å². The second-order valence-electron chi connectivity index (χ2n) is 12.0. The maximum atomic E-state index is 13.8. The van der Waals surface area contributed by atoms with Gasteiger partial charge in [0, 0.05) is 36.6 Å². The summed E-state index contributed by atoms with van der Waals surface area (Å²) in [5.41, 5.74) is 1.71. The molecule has 0 bridgehead atoms. The number of aromatic amines is 1. The van der Waals surface area contributed by atoms with Crippen LogP contribution < -0.4 is 10.9 Å². The molecule has 3 aliphatic carbocycles. The van der Waals surface area contributed by atoms with Gasteiger partial charge in [0.1, 0.15) is 23.2 Å². The number of hydrogen-bond donors (Lipinski definition) is 2. The van der Waals surface area contributed by atoms with Crippen LogP contribution in [0.5, 0.6) is 0 Å². The van der Waals surface area contributed by atoms with Gasteiger partial charge < -0.3 is 9.55 Å². The molecule has 0 atom stereocenters. The van der Waals surface area contributed by atoms with Crippen molar-refractivity contribution in [2.75, 3.05) is 0 Å². The summed E-state index contributed by atoms with van der Waals surface area (Å²) in [6.07, 6.45) is 3.53. The molecule has 0 amide bonds. The Kier molecular flexibility index (Phi) is 5.24. The second-order valence-corrected chi connectivity index (χ2v) is 12.0. The molecule has 3 aromatic heterocycles. The van der Waals surface area contributed by atoms with Gasteiger partial charge in [-0.25, -0.2) is 0 Å². The minimum atomic E-state index is -4.28. The van der Waals surface area contributed by atoms with Gasteiger partial charge in [0.05, 0.1) is 5.41 Å². The van der Waals surface area contributed by atoms with Gasteiger partial charge in [-0.3, -0.25) is 14.7 Å². The zero-order chi connectivity index (χ0) is 27.2. The van der Waals surface area contributed by atoms with Crippen LogP contribution in [-0.2, 0) is 19.0 Å². The number of pyridine rings is 1. The Labute approximate surface area is 223 Å². The lowest BCUT2D eigenvalue weighted by Crippen LogP contribution is -2.44. The molecular weight excluding hydrogens is 505 g/mol. The Morgan fingerprint density at radius 2 is 1.95 bits per heavy atom. The molecule has 204 valence electrons. The first kappa shape index (κ1) is 24.6. The number of benzene rings is 1. The summed E-state index contributed by atoms with van der Waals surface area (Å²) in [5, 5.41) is 12.1. The van der Waals surface area contributed by atoms with Crippen molar-refractivity contribution in [1.29, 1.82) is 0 Å². The van der Waals surface area contributed by atoms with Gasteiger partial charge in [0.2, 0.25) is 0 Å². The van der Waals surface area contributed by atoms with E-state index in [1.807, 2.05) is 36.0 Å². The molecule has 3 saturated carbocycles. The van der Waals surface area contributed by atoms with Gasteiger partial charge in [-0.05, 0) is 79.7 Å². The van der Waals surface area contributed by atoms with Crippen LogP contribution in [0.25, 0.3) is 16.6 Å². The Morgan fingerprint density at radius 3 is 2.56 bits per heavy atom. The van der Waals surface area contributed by atoms with Gasteiger partial charge in [-0.15, -0.1) is 10.2 Å². The Balaban J connectivity index is 1.28. The van der Waals surface area contributed by atoms with E-state index in [-0.39, 0.29) is 30.4 Å². The molecule has 0 radical (unpaired) electrons. The number of rotatable bonds is 7. The topological polar surface area (TPSA) is 80.5 Å². The number of aryl methyl sites for hydroxylation is 1. The summed E-state index contributed by atoms with van der Waals surface area (Å²) < 4.78 is 44.0. The third kappa shape index (κ3) is 3.86. The highest BCUT2D eigenvalue weighted by molar-refractivity contribution is 5.84. The molecule has 1 aromatic carbocycles. The summed E-state index contributed by atoms with van der Waals surface area (Å²) in [4.78, 5) is 17.0. The van der Waals surface area contributed by atoms with Crippen molar-refractivity contribution in [3.63, 3.8) is 0 Å². The van der Waals surface area contributed by atoms with Crippen molar-refractivity contribution in [3.8, 4) is 5.69 Å². The minimum Gasteiger partial charge on any atom is -0.353 e. The zero-order valence-electron chi connectivity index (χ0n) is 22.0. The van der Waals surface area contributed by atoms with Crippen LogP contribution in [0.2, 0.25) is 0 Å². The summed E-state index contributed by atoms with van der Waals surface area (Å²) in [5.74, 6) is 1.83. The first-order valence-electron chi connectivity index (χ1n) is 13.6. The number of alkyl halides is 3. The molecule has 7 rings (SSSR count). The van der Waals surface area contributed by atoms with E-state index in [0.29, 0.717) is 23.0 Å². The number of H-pyrrole nitrogens is 1. The van der Waals surface area contributed by atoms with Crippen molar-refractivity contribution in [3.05, 3.63) is 75.9 Å². The van der Waals surface area contributed by atoms with Crippen LogP contribution in [0.1, 0.15) is 74.0 Å². The number of nitrogens with zero attached hydrogens (tertiary/aromatic N) is 4. The van der Waals surface area contributed by atoms with Gasteiger partial charge in [0.25, 0.3) is 5.56 Å². The molecule has 3 fully saturated rings. The monoisotopic (exact) mass is 536 g/mol. The Hall–Kier alpha value is -3.40. The fourth-order valence-electron chi connectivity index (χ4n) is 6.60. The van der Waals surface area contributed by atoms with E-state index in [1.165, 1.54) is 0 Å². The van der Waals surface area contributed by atoms with Crippen molar-refractivity contribution in [2.45, 2.75) is 75.0 Å². The number of nitrogens with one attached hydrogen (secondary N) is 2. The SMILES string of the molecule is CC1CC(c2cccc(-n3cc(C4CC4)c4cc(CNC5(C(F)(F)F)CC5)[nH]c4c3=O)c2)(c2nncn2C)C1. The lowest BCUT2D eigenvalue weighted by Gasteiger charge is -2.46. The van der Waals surface area contributed by atoms with E-state index >= 15 is 0 Å². The van der Waals surface area contributed by atoms with Crippen LogP contribution in [0.15, 0.2) is 47.7 Å². The van der Waals surface area contributed by atoms with E-state index in [1.54, 1.807) is 10.9 Å². The number of fused-ring (bicyclic) bond motifs is 1. The van der Waals surface area contributed by atoms with Crippen LogP contribution in [0, 0.1) is 5.92 Å². The first-order chi connectivity index (χ1) is 18.6. The predicted molar refractivity (Wildman–Crippen MR) is 141 cm³/mol. The second kappa shape index (κ2) is 8.30. The van der Waals surface area contributed by atoms with Crippen LogP contribution in [0.3, 0.4) is 0 Å². The minimum absolute atomic E-state index is 0.0334. The molecule has 4 aromatic rings. The lowest BCUT2D eigenvalue weighted by atomic mass is 9.58. The molecule has 39 heavy (non-hydrogen) atoms. The van der Waals surface area contributed by atoms with Crippen molar-refractivity contribution in [1.82, 2.24) is 29.6 Å². The van der Waals surface area contributed by atoms with Crippen molar-refractivity contribution in [2.24, 2.45) is 13.0 Å². The smallest absolute Gasteiger partial charge is 0.353 e.